The highest BCUT2D eigenvalue weighted by Crippen LogP contribution is 2.08. The van der Waals surface area contributed by atoms with Crippen molar-refractivity contribution in [2.24, 2.45) is 0 Å². The van der Waals surface area contributed by atoms with E-state index < -0.39 is 5.82 Å². The van der Waals surface area contributed by atoms with Gasteiger partial charge in [-0.15, -0.1) is 6.58 Å². The lowest BCUT2D eigenvalue weighted by molar-refractivity contribution is 0.0777. The maximum absolute atomic E-state index is 13.2. The molecule has 0 saturated heterocycles. The molecule has 3 nitrogen and oxygen atoms in total. The van der Waals surface area contributed by atoms with Gasteiger partial charge >= 0.3 is 0 Å². The maximum atomic E-state index is 13.2. The van der Waals surface area contributed by atoms with Crippen LogP contribution in [0.2, 0.25) is 0 Å². The van der Waals surface area contributed by atoms with Crippen molar-refractivity contribution < 1.29 is 9.18 Å². The Balaban J connectivity index is 2.92. The fraction of sp³-hybridized carbons (Fsp3) is 0.273. The molecule has 0 radical (unpaired) electrons. The van der Waals surface area contributed by atoms with Crippen LogP contribution in [0.15, 0.2) is 31.1 Å². The summed E-state index contributed by atoms with van der Waals surface area (Å²) >= 11 is 0. The van der Waals surface area contributed by atoms with Gasteiger partial charge < -0.3 is 4.90 Å². The molecule has 0 bridgehead atoms. The molecule has 0 fully saturated rings. The van der Waals surface area contributed by atoms with E-state index in [0.29, 0.717) is 13.1 Å². The normalized spacial score (nSPS) is 9.73. The Morgan fingerprint density at radius 1 is 1.73 bits per heavy atom. The first-order chi connectivity index (χ1) is 7.20. The molecule has 1 aromatic rings. The fourth-order valence-corrected chi connectivity index (χ4v) is 1.23. The van der Waals surface area contributed by atoms with Crippen molar-refractivity contribution >= 4 is 5.91 Å². The molecule has 1 amide bonds. The second kappa shape index (κ2) is 5.24. The molecule has 0 unspecified atom stereocenters. The number of rotatable bonds is 4. The summed E-state index contributed by atoms with van der Waals surface area (Å²) in [4.78, 5) is 16.9. The molecular weight excluding hydrogens is 195 g/mol. The van der Waals surface area contributed by atoms with Crippen molar-refractivity contribution in [3.05, 3.63) is 42.5 Å². The van der Waals surface area contributed by atoms with Crippen LogP contribution < -0.4 is 0 Å². The van der Waals surface area contributed by atoms with Gasteiger partial charge in [0.25, 0.3) is 5.91 Å². The first-order valence-electron chi connectivity index (χ1n) is 4.70. The minimum Gasteiger partial charge on any atom is -0.335 e. The van der Waals surface area contributed by atoms with E-state index >= 15 is 0 Å². The van der Waals surface area contributed by atoms with Gasteiger partial charge in [0.15, 0.2) is 5.82 Å². The summed E-state index contributed by atoms with van der Waals surface area (Å²) in [6.45, 7) is 6.32. The molecule has 0 spiro atoms. The van der Waals surface area contributed by atoms with Crippen LogP contribution in [-0.2, 0) is 0 Å². The minimum absolute atomic E-state index is 0.0497. The largest absolute Gasteiger partial charge is 0.335 e. The summed E-state index contributed by atoms with van der Waals surface area (Å²) in [6, 6.07) is 1.38. The van der Waals surface area contributed by atoms with Crippen LogP contribution in [0.1, 0.15) is 17.3 Å². The maximum Gasteiger partial charge on any atom is 0.257 e. The third kappa shape index (κ3) is 2.62. The van der Waals surface area contributed by atoms with Crippen LogP contribution >= 0.6 is 0 Å². The molecule has 1 aromatic heterocycles. The Morgan fingerprint density at radius 3 is 3.00 bits per heavy atom. The van der Waals surface area contributed by atoms with Crippen LogP contribution in [0.4, 0.5) is 4.39 Å². The molecule has 1 rings (SSSR count). The van der Waals surface area contributed by atoms with Gasteiger partial charge in [-0.1, -0.05) is 6.08 Å². The summed E-state index contributed by atoms with van der Waals surface area (Å²) < 4.78 is 13.2. The van der Waals surface area contributed by atoms with E-state index in [4.69, 9.17) is 0 Å². The summed E-state index contributed by atoms with van der Waals surface area (Å²) in [5.41, 5.74) is 0.0497. The van der Waals surface area contributed by atoms with Crippen molar-refractivity contribution in [1.29, 1.82) is 0 Å². The zero-order valence-corrected chi connectivity index (χ0v) is 8.61. The Bertz CT molecular complexity index is 365. The minimum atomic E-state index is -0.593. The van der Waals surface area contributed by atoms with Crippen LogP contribution in [-0.4, -0.2) is 28.9 Å². The van der Waals surface area contributed by atoms with Crippen molar-refractivity contribution in [2.75, 3.05) is 13.1 Å². The van der Waals surface area contributed by atoms with Crippen LogP contribution in [0.5, 0.6) is 0 Å². The second-order valence-electron chi connectivity index (χ2n) is 2.99. The van der Waals surface area contributed by atoms with Gasteiger partial charge in [-0.2, -0.15) is 0 Å². The Hall–Kier alpha value is -1.71. The molecule has 4 heteroatoms. The van der Waals surface area contributed by atoms with E-state index in [0.717, 1.165) is 6.20 Å². The number of carbonyl (C=O) groups is 1. The lowest BCUT2D eigenvalue weighted by atomic mass is 10.2. The lowest BCUT2D eigenvalue weighted by Crippen LogP contribution is -2.31. The Morgan fingerprint density at radius 2 is 2.47 bits per heavy atom. The predicted molar refractivity (Wildman–Crippen MR) is 56.0 cm³/mol. The number of aromatic nitrogens is 1. The van der Waals surface area contributed by atoms with Crippen molar-refractivity contribution in [2.45, 2.75) is 6.92 Å². The van der Waals surface area contributed by atoms with Crippen molar-refractivity contribution in [3.63, 3.8) is 0 Å². The van der Waals surface area contributed by atoms with Gasteiger partial charge in [-0.25, -0.2) is 4.39 Å². The fourth-order valence-electron chi connectivity index (χ4n) is 1.23. The number of nitrogens with zero attached hydrogens (tertiary/aromatic N) is 2. The number of halogens is 1. The first kappa shape index (κ1) is 11.4. The van der Waals surface area contributed by atoms with E-state index in [1.807, 2.05) is 6.92 Å². The third-order valence-electron chi connectivity index (χ3n) is 2.02. The van der Waals surface area contributed by atoms with Crippen LogP contribution in [0, 0.1) is 5.82 Å². The quantitative estimate of drug-likeness (QED) is 0.708. The van der Waals surface area contributed by atoms with Crippen LogP contribution in [0.3, 0.4) is 0 Å². The van der Waals surface area contributed by atoms with Crippen LogP contribution in [0.25, 0.3) is 0 Å². The van der Waals surface area contributed by atoms with Gasteiger partial charge in [-0.3, -0.25) is 9.78 Å². The molecule has 0 aliphatic rings. The topological polar surface area (TPSA) is 33.2 Å². The third-order valence-corrected chi connectivity index (χ3v) is 2.02. The lowest BCUT2D eigenvalue weighted by Gasteiger charge is -2.18. The standard InChI is InChI=1S/C11H13FN2O/c1-3-7-14(4-2)11(15)9-5-6-13-8-10(9)12/h3,5-6,8H,1,4,7H2,2H3. The zero-order valence-electron chi connectivity index (χ0n) is 8.61. The van der Waals surface area contributed by atoms with Gasteiger partial charge in [0.05, 0.1) is 11.8 Å². The SMILES string of the molecule is C=CCN(CC)C(=O)c1ccncc1F. The monoisotopic (exact) mass is 208 g/mol. The van der Waals surface area contributed by atoms with E-state index in [1.165, 1.54) is 17.2 Å². The molecule has 0 N–H and O–H groups in total. The van der Waals surface area contributed by atoms with E-state index in [9.17, 15) is 9.18 Å². The highest BCUT2D eigenvalue weighted by atomic mass is 19.1. The molecule has 0 saturated carbocycles. The number of pyridine rings is 1. The molecule has 0 aliphatic carbocycles. The molecule has 15 heavy (non-hydrogen) atoms. The number of likely N-dealkylation sites (N-methyl/N-ethyl adjacent to an activating group) is 1. The Kier molecular flexibility index (Phi) is 3.97. The number of hydrogen-bond donors (Lipinski definition) is 0. The van der Waals surface area contributed by atoms with Gasteiger partial charge in [0.1, 0.15) is 0 Å². The average Bonchev–Trinajstić information content (AvgIpc) is 2.25. The molecule has 80 valence electrons. The van der Waals surface area contributed by atoms with E-state index in [1.54, 1.807) is 6.08 Å². The molecular formula is C11H13FN2O. The molecule has 0 aliphatic heterocycles. The summed E-state index contributed by atoms with van der Waals surface area (Å²) in [7, 11) is 0. The summed E-state index contributed by atoms with van der Waals surface area (Å²) in [5.74, 6) is -0.928. The highest BCUT2D eigenvalue weighted by Gasteiger charge is 2.16. The number of carbonyl (C=O) groups excluding carboxylic acids is 1. The molecule has 0 aromatic carbocycles. The van der Waals surface area contributed by atoms with E-state index in [2.05, 4.69) is 11.6 Å². The Labute approximate surface area is 88.2 Å². The van der Waals surface area contributed by atoms with Gasteiger partial charge in [0, 0.05) is 19.3 Å². The average molecular weight is 208 g/mol. The summed E-state index contributed by atoms with van der Waals surface area (Å²) in [6.07, 6.45) is 4.05. The number of hydrogen-bond acceptors (Lipinski definition) is 2. The van der Waals surface area contributed by atoms with Crippen molar-refractivity contribution in [3.8, 4) is 0 Å². The molecule has 1 heterocycles. The summed E-state index contributed by atoms with van der Waals surface area (Å²) in [5, 5.41) is 0. The highest BCUT2D eigenvalue weighted by molar-refractivity contribution is 5.94. The van der Waals surface area contributed by atoms with E-state index in [-0.39, 0.29) is 11.5 Å². The first-order valence-corrected chi connectivity index (χ1v) is 4.70. The second-order valence-corrected chi connectivity index (χ2v) is 2.99. The zero-order chi connectivity index (χ0) is 11.3. The predicted octanol–water partition coefficient (Wildman–Crippen LogP) is 1.87. The molecule has 0 atom stereocenters. The smallest absolute Gasteiger partial charge is 0.257 e. The van der Waals surface area contributed by atoms with Crippen molar-refractivity contribution in [1.82, 2.24) is 9.88 Å². The van der Waals surface area contributed by atoms with Gasteiger partial charge in [-0.05, 0) is 13.0 Å². The number of amides is 1. The van der Waals surface area contributed by atoms with Gasteiger partial charge in [0.2, 0.25) is 0 Å².